The molecule has 0 saturated carbocycles. The molecule has 0 bridgehead atoms. The first-order valence-corrected chi connectivity index (χ1v) is 8.79. The molecule has 0 spiro atoms. The molecule has 0 atom stereocenters. The fraction of sp³-hybridized carbons (Fsp3) is 0.273. The second-order valence-electron chi connectivity index (χ2n) is 6.21. The summed E-state index contributed by atoms with van der Waals surface area (Å²) in [5, 5.41) is 0. The molecule has 0 N–H and O–H groups in total. The fourth-order valence-electron chi connectivity index (χ4n) is 2.36. The molecule has 2 aromatic carbocycles. The average molecular weight is 384 g/mol. The lowest BCUT2D eigenvalue weighted by Crippen LogP contribution is -2.06. The van der Waals surface area contributed by atoms with Crippen LogP contribution in [0.2, 0.25) is 0 Å². The van der Waals surface area contributed by atoms with Crippen molar-refractivity contribution in [2.75, 3.05) is 14.2 Å². The van der Waals surface area contributed by atoms with Gasteiger partial charge < -0.3 is 18.9 Å². The monoisotopic (exact) mass is 384 g/mol. The van der Waals surface area contributed by atoms with Gasteiger partial charge in [0.2, 0.25) is 0 Å². The molecule has 0 amide bonds. The highest BCUT2D eigenvalue weighted by molar-refractivity contribution is 5.89. The van der Waals surface area contributed by atoms with E-state index in [-0.39, 0.29) is 12.7 Å². The molecule has 0 unspecified atom stereocenters. The topological polar surface area (TPSA) is 71.1 Å². The van der Waals surface area contributed by atoms with Crippen molar-refractivity contribution in [1.29, 1.82) is 0 Å². The van der Waals surface area contributed by atoms with Gasteiger partial charge in [0.05, 0.1) is 25.9 Å². The van der Waals surface area contributed by atoms with E-state index >= 15 is 0 Å². The van der Waals surface area contributed by atoms with Crippen LogP contribution in [0.1, 0.15) is 35.3 Å². The Labute approximate surface area is 164 Å². The lowest BCUT2D eigenvalue weighted by molar-refractivity contribution is -0.138. The number of hydrogen-bond donors (Lipinski definition) is 0. The van der Waals surface area contributed by atoms with Crippen molar-refractivity contribution in [3.63, 3.8) is 0 Å². The molecular formula is C22H24O6. The third kappa shape index (κ3) is 6.16. The van der Waals surface area contributed by atoms with Gasteiger partial charge in [0.25, 0.3) is 0 Å². The zero-order valence-electron chi connectivity index (χ0n) is 16.4. The van der Waals surface area contributed by atoms with E-state index in [9.17, 15) is 9.59 Å². The summed E-state index contributed by atoms with van der Waals surface area (Å²) in [6.45, 7) is 3.98. The fourth-order valence-corrected chi connectivity index (χ4v) is 2.36. The maximum Gasteiger partial charge on any atom is 0.337 e. The van der Waals surface area contributed by atoms with Crippen molar-refractivity contribution in [2.24, 2.45) is 0 Å². The van der Waals surface area contributed by atoms with Gasteiger partial charge in [-0.1, -0.05) is 18.2 Å². The van der Waals surface area contributed by atoms with Crippen LogP contribution in [0.4, 0.5) is 0 Å². The standard InChI is InChI=1S/C22H24O6/c1-15(2)28-19-11-7-16(13-20(19)25-3)8-12-21(23)27-14-17-5-9-18(10-6-17)22(24)26-4/h5-13,15H,14H2,1-4H3/b12-8+. The van der Waals surface area contributed by atoms with Gasteiger partial charge in [-0.15, -0.1) is 0 Å². The Balaban J connectivity index is 1.93. The van der Waals surface area contributed by atoms with Crippen LogP contribution < -0.4 is 9.47 Å². The van der Waals surface area contributed by atoms with Crippen LogP contribution in [-0.4, -0.2) is 32.3 Å². The van der Waals surface area contributed by atoms with Gasteiger partial charge in [0.15, 0.2) is 11.5 Å². The Morgan fingerprint density at radius 3 is 2.32 bits per heavy atom. The third-order valence-corrected chi connectivity index (χ3v) is 3.72. The first-order valence-electron chi connectivity index (χ1n) is 8.79. The Morgan fingerprint density at radius 1 is 1.00 bits per heavy atom. The molecule has 0 aliphatic heterocycles. The van der Waals surface area contributed by atoms with E-state index in [1.807, 2.05) is 19.9 Å². The summed E-state index contributed by atoms with van der Waals surface area (Å²) >= 11 is 0. The van der Waals surface area contributed by atoms with E-state index in [4.69, 9.17) is 14.2 Å². The highest BCUT2D eigenvalue weighted by Crippen LogP contribution is 2.29. The SMILES string of the molecule is COC(=O)c1ccc(COC(=O)/C=C/c2ccc(OC(C)C)c(OC)c2)cc1. The highest BCUT2D eigenvalue weighted by Gasteiger charge is 2.08. The largest absolute Gasteiger partial charge is 0.493 e. The predicted molar refractivity (Wildman–Crippen MR) is 105 cm³/mol. The van der Waals surface area contributed by atoms with E-state index in [2.05, 4.69) is 4.74 Å². The van der Waals surface area contributed by atoms with Gasteiger partial charge in [-0.05, 0) is 55.3 Å². The summed E-state index contributed by atoms with van der Waals surface area (Å²) in [4.78, 5) is 23.3. The van der Waals surface area contributed by atoms with Crippen LogP contribution >= 0.6 is 0 Å². The van der Waals surface area contributed by atoms with Crippen molar-refractivity contribution in [3.05, 3.63) is 65.2 Å². The van der Waals surface area contributed by atoms with Crippen LogP contribution in [-0.2, 0) is 20.9 Å². The molecule has 28 heavy (non-hydrogen) atoms. The summed E-state index contributed by atoms with van der Waals surface area (Å²) in [5.74, 6) is 0.354. The zero-order chi connectivity index (χ0) is 20.5. The maximum atomic E-state index is 11.9. The predicted octanol–water partition coefficient (Wildman–Crippen LogP) is 4.03. The number of carbonyl (C=O) groups is 2. The minimum atomic E-state index is -0.474. The molecule has 0 saturated heterocycles. The van der Waals surface area contributed by atoms with Crippen LogP contribution in [0.3, 0.4) is 0 Å². The highest BCUT2D eigenvalue weighted by atomic mass is 16.5. The van der Waals surface area contributed by atoms with Crippen LogP contribution in [0.5, 0.6) is 11.5 Å². The Kier molecular flexibility index (Phi) is 7.63. The molecule has 2 aromatic rings. The summed E-state index contributed by atoms with van der Waals surface area (Å²) in [7, 11) is 2.89. The van der Waals surface area contributed by atoms with Gasteiger partial charge in [0, 0.05) is 6.08 Å². The Bertz CT molecular complexity index is 837. The van der Waals surface area contributed by atoms with Gasteiger partial charge in [-0.2, -0.15) is 0 Å². The number of methoxy groups -OCH3 is 2. The maximum absolute atomic E-state index is 11.9. The van der Waals surface area contributed by atoms with Crippen molar-refractivity contribution in [1.82, 2.24) is 0 Å². The van der Waals surface area contributed by atoms with E-state index in [0.29, 0.717) is 17.1 Å². The first-order chi connectivity index (χ1) is 13.4. The molecule has 0 aliphatic carbocycles. The van der Waals surface area contributed by atoms with E-state index in [1.54, 1.807) is 49.6 Å². The van der Waals surface area contributed by atoms with Gasteiger partial charge >= 0.3 is 11.9 Å². The molecular weight excluding hydrogens is 360 g/mol. The van der Waals surface area contributed by atoms with Crippen LogP contribution in [0.25, 0.3) is 6.08 Å². The molecule has 2 rings (SSSR count). The van der Waals surface area contributed by atoms with Crippen molar-refractivity contribution in [2.45, 2.75) is 26.6 Å². The van der Waals surface area contributed by atoms with E-state index in [0.717, 1.165) is 11.1 Å². The van der Waals surface area contributed by atoms with Gasteiger partial charge in [0.1, 0.15) is 6.61 Å². The minimum absolute atomic E-state index is 0.0342. The quantitative estimate of drug-likeness (QED) is 0.506. The molecule has 0 aromatic heterocycles. The molecule has 148 valence electrons. The first kappa shape index (κ1) is 21.0. The number of esters is 2. The smallest absolute Gasteiger partial charge is 0.337 e. The number of ether oxygens (including phenoxy) is 4. The second kappa shape index (κ2) is 10.2. The Morgan fingerprint density at radius 2 is 1.71 bits per heavy atom. The van der Waals surface area contributed by atoms with Crippen molar-refractivity contribution < 1.29 is 28.5 Å². The minimum Gasteiger partial charge on any atom is -0.493 e. The lowest BCUT2D eigenvalue weighted by Gasteiger charge is -2.13. The summed E-state index contributed by atoms with van der Waals surface area (Å²) in [6.07, 6.45) is 3.03. The number of rotatable bonds is 8. The summed E-state index contributed by atoms with van der Waals surface area (Å²) in [6, 6.07) is 12.1. The summed E-state index contributed by atoms with van der Waals surface area (Å²) in [5.41, 5.74) is 2.00. The molecule has 0 radical (unpaired) electrons. The normalized spacial score (nSPS) is 10.8. The van der Waals surface area contributed by atoms with Gasteiger partial charge in [-0.25, -0.2) is 9.59 Å². The zero-order valence-corrected chi connectivity index (χ0v) is 16.4. The van der Waals surface area contributed by atoms with Crippen LogP contribution in [0, 0.1) is 0 Å². The van der Waals surface area contributed by atoms with Gasteiger partial charge in [-0.3, -0.25) is 0 Å². The van der Waals surface area contributed by atoms with Crippen molar-refractivity contribution in [3.8, 4) is 11.5 Å². The molecule has 0 heterocycles. The van der Waals surface area contributed by atoms with E-state index < -0.39 is 11.9 Å². The molecule has 0 fully saturated rings. The third-order valence-electron chi connectivity index (χ3n) is 3.72. The van der Waals surface area contributed by atoms with Crippen LogP contribution in [0.15, 0.2) is 48.5 Å². The number of carbonyl (C=O) groups excluding carboxylic acids is 2. The average Bonchev–Trinajstić information content (AvgIpc) is 2.70. The molecule has 0 aliphatic rings. The number of benzene rings is 2. The second-order valence-corrected chi connectivity index (χ2v) is 6.21. The Hall–Kier alpha value is -3.28. The summed E-state index contributed by atoms with van der Waals surface area (Å²) < 4.78 is 20.8. The number of hydrogen-bond acceptors (Lipinski definition) is 6. The van der Waals surface area contributed by atoms with Crippen molar-refractivity contribution >= 4 is 18.0 Å². The lowest BCUT2D eigenvalue weighted by atomic mass is 10.1. The molecule has 6 nitrogen and oxygen atoms in total. The molecule has 6 heteroatoms. The van der Waals surface area contributed by atoms with E-state index in [1.165, 1.54) is 13.2 Å².